The van der Waals surface area contributed by atoms with Gasteiger partial charge < -0.3 is 15.4 Å². The molecule has 0 amide bonds. The SMILES string of the molecule is CCCCCCNC(=NCC1CCOC1c1ccccc1)NCC.I. The van der Waals surface area contributed by atoms with E-state index in [0.29, 0.717) is 5.92 Å². The van der Waals surface area contributed by atoms with Crippen molar-refractivity contribution < 1.29 is 4.74 Å². The van der Waals surface area contributed by atoms with Crippen LogP contribution in [0.3, 0.4) is 0 Å². The van der Waals surface area contributed by atoms with E-state index in [9.17, 15) is 0 Å². The fourth-order valence-electron chi connectivity index (χ4n) is 3.14. The molecule has 0 bridgehead atoms. The van der Waals surface area contributed by atoms with Crippen LogP contribution >= 0.6 is 24.0 Å². The molecule has 1 aliphatic heterocycles. The smallest absolute Gasteiger partial charge is 0.191 e. The number of nitrogens with one attached hydrogen (secondary N) is 2. The average molecular weight is 459 g/mol. The second-order valence-electron chi connectivity index (χ2n) is 6.46. The minimum Gasteiger partial charge on any atom is -0.373 e. The molecule has 1 aromatic carbocycles. The lowest BCUT2D eigenvalue weighted by Gasteiger charge is -2.18. The van der Waals surface area contributed by atoms with E-state index in [2.05, 4.69) is 54.8 Å². The number of rotatable bonds is 9. The topological polar surface area (TPSA) is 45.7 Å². The molecule has 1 aliphatic rings. The number of hydrogen-bond donors (Lipinski definition) is 2. The van der Waals surface area contributed by atoms with Gasteiger partial charge in [0, 0.05) is 32.2 Å². The summed E-state index contributed by atoms with van der Waals surface area (Å²) < 4.78 is 5.96. The van der Waals surface area contributed by atoms with E-state index >= 15 is 0 Å². The summed E-state index contributed by atoms with van der Waals surface area (Å²) in [5.74, 6) is 1.40. The lowest BCUT2D eigenvalue weighted by molar-refractivity contribution is 0.0925. The van der Waals surface area contributed by atoms with Gasteiger partial charge in [0.15, 0.2) is 5.96 Å². The number of guanidine groups is 1. The van der Waals surface area contributed by atoms with E-state index in [0.717, 1.165) is 38.6 Å². The van der Waals surface area contributed by atoms with Crippen LogP contribution < -0.4 is 10.6 Å². The second kappa shape index (κ2) is 13.4. The van der Waals surface area contributed by atoms with Crippen LogP contribution in [-0.4, -0.2) is 32.2 Å². The van der Waals surface area contributed by atoms with Crippen LogP contribution in [-0.2, 0) is 4.74 Å². The van der Waals surface area contributed by atoms with Crippen molar-refractivity contribution in [1.29, 1.82) is 0 Å². The van der Waals surface area contributed by atoms with Crippen molar-refractivity contribution in [2.75, 3.05) is 26.2 Å². The lowest BCUT2D eigenvalue weighted by atomic mass is 9.95. The second-order valence-corrected chi connectivity index (χ2v) is 6.46. The van der Waals surface area contributed by atoms with Gasteiger partial charge in [-0.15, -0.1) is 24.0 Å². The Hall–Kier alpha value is -0.820. The van der Waals surface area contributed by atoms with Gasteiger partial charge in [-0.3, -0.25) is 4.99 Å². The lowest BCUT2D eigenvalue weighted by Crippen LogP contribution is -2.38. The standard InChI is InChI=1S/C20H33N3O.HI/c1-3-5-6-10-14-22-20(21-4-2)23-16-18-13-15-24-19(18)17-11-8-7-9-12-17;/h7-9,11-12,18-19H,3-6,10,13-16H2,1-2H3,(H2,21,22,23);1H. The quantitative estimate of drug-likeness (QED) is 0.247. The van der Waals surface area contributed by atoms with E-state index in [4.69, 9.17) is 9.73 Å². The molecule has 1 aromatic rings. The Labute approximate surface area is 170 Å². The van der Waals surface area contributed by atoms with E-state index in [1.165, 1.54) is 31.2 Å². The number of aliphatic imine (C=N–C) groups is 1. The van der Waals surface area contributed by atoms with E-state index in [-0.39, 0.29) is 30.1 Å². The van der Waals surface area contributed by atoms with Gasteiger partial charge in [0.25, 0.3) is 0 Å². The molecule has 4 nitrogen and oxygen atoms in total. The highest BCUT2D eigenvalue weighted by molar-refractivity contribution is 14.0. The maximum atomic E-state index is 5.96. The zero-order chi connectivity index (χ0) is 17.0. The third-order valence-electron chi connectivity index (χ3n) is 4.49. The van der Waals surface area contributed by atoms with Crippen molar-refractivity contribution >= 4 is 29.9 Å². The highest BCUT2D eigenvalue weighted by Crippen LogP contribution is 2.34. The van der Waals surface area contributed by atoms with Gasteiger partial charge in [0.2, 0.25) is 0 Å². The van der Waals surface area contributed by atoms with Crippen molar-refractivity contribution in [3.8, 4) is 0 Å². The van der Waals surface area contributed by atoms with Crippen molar-refractivity contribution in [1.82, 2.24) is 10.6 Å². The monoisotopic (exact) mass is 459 g/mol. The summed E-state index contributed by atoms with van der Waals surface area (Å²) in [6.45, 7) is 7.88. The Morgan fingerprint density at radius 2 is 1.92 bits per heavy atom. The molecule has 1 fully saturated rings. The molecule has 2 atom stereocenters. The predicted octanol–water partition coefficient (Wildman–Crippen LogP) is 4.52. The molecule has 25 heavy (non-hydrogen) atoms. The highest BCUT2D eigenvalue weighted by Gasteiger charge is 2.29. The molecule has 0 aromatic heterocycles. The summed E-state index contributed by atoms with van der Waals surface area (Å²) in [5.41, 5.74) is 1.27. The number of nitrogens with zero attached hydrogens (tertiary/aromatic N) is 1. The fraction of sp³-hybridized carbons (Fsp3) is 0.650. The van der Waals surface area contributed by atoms with E-state index < -0.39 is 0 Å². The maximum absolute atomic E-state index is 5.96. The summed E-state index contributed by atoms with van der Waals surface area (Å²) in [6, 6.07) is 10.5. The summed E-state index contributed by atoms with van der Waals surface area (Å²) in [4.78, 5) is 4.80. The third kappa shape index (κ3) is 7.94. The molecule has 2 N–H and O–H groups in total. The van der Waals surface area contributed by atoms with Crippen LogP contribution in [0.2, 0.25) is 0 Å². The Morgan fingerprint density at radius 3 is 2.64 bits per heavy atom. The first kappa shape index (κ1) is 22.2. The summed E-state index contributed by atoms with van der Waals surface area (Å²) in [5, 5.41) is 6.81. The molecular weight excluding hydrogens is 425 g/mol. The molecule has 2 rings (SSSR count). The van der Waals surface area contributed by atoms with Gasteiger partial charge in [-0.25, -0.2) is 0 Å². The predicted molar refractivity (Wildman–Crippen MR) is 117 cm³/mol. The summed E-state index contributed by atoms with van der Waals surface area (Å²) >= 11 is 0. The van der Waals surface area contributed by atoms with E-state index in [1.54, 1.807) is 0 Å². The Bertz CT molecular complexity index is 481. The molecular formula is C20H34IN3O. The molecule has 0 spiro atoms. The summed E-state index contributed by atoms with van der Waals surface area (Å²) in [7, 11) is 0. The van der Waals surface area contributed by atoms with Crippen LogP contribution in [0.5, 0.6) is 0 Å². The van der Waals surface area contributed by atoms with Gasteiger partial charge in [0.05, 0.1) is 6.10 Å². The van der Waals surface area contributed by atoms with Gasteiger partial charge in [-0.1, -0.05) is 56.5 Å². The molecule has 0 saturated carbocycles. The normalized spacial score (nSPS) is 20.2. The van der Waals surface area contributed by atoms with Crippen molar-refractivity contribution in [2.45, 2.75) is 52.1 Å². The Kier molecular flexibility index (Phi) is 11.9. The zero-order valence-electron chi connectivity index (χ0n) is 15.7. The van der Waals surface area contributed by atoms with Crippen molar-refractivity contribution in [3.05, 3.63) is 35.9 Å². The van der Waals surface area contributed by atoms with Crippen LogP contribution in [0.15, 0.2) is 35.3 Å². The van der Waals surface area contributed by atoms with Gasteiger partial charge in [0.1, 0.15) is 0 Å². The van der Waals surface area contributed by atoms with Crippen molar-refractivity contribution in [3.63, 3.8) is 0 Å². The van der Waals surface area contributed by atoms with Crippen LogP contribution in [0, 0.1) is 5.92 Å². The molecule has 0 radical (unpaired) electrons. The Balaban J connectivity index is 0.00000312. The van der Waals surface area contributed by atoms with E-state index in [1.807, 2.05) is 0 Å². The minimum atomic E-state index is 0. The zero-order valence-corrected chi connectivity index (χ0v) is 18.0. The fourth-order valence-corrected chi connectivity index (χ4v) is 3.14. The first-order chi connectivity index (χ1) is 11.8. The molecule has 2 unspecified atom stereocenters. The minimum absolute atomic E-state index is 0. The number of unbranched alkanes of at least 4 members (excludes halogenated alkanes) is 3. The van der Waals surface area contributed by atoms with Crippen LogP contribution in [0.1, 0.15) is 57.6 Å². The van der Waals surface area contributed by atoms with Gasteiger partial charge in [-0.2, -0.15) is 0 Å². The van der Waals surface area contributed by atoms with Gasteiger partial charge >= 0.3 is 0 Å². The number of halogens is 1. The van der Waals surface area contributed by atoms with Crippen LogP contribution in [0.4, 0.5) is 0 Å². The van der Waals surface area contributed by atoms with Gasteiger partial charge in [-0.05, 0) is 25.3 Å². The highest BCUT2D eigenvalue weighted by atomic mass is 127. The number of hydrogen-bond acceptors (Lipinski definition) is 2. The molecule has 5 heteroatoms. The van der Waals surface area contributed by atoms with Crippen LogP contribution in [0.25, 0.3) is 0 Å². The molecule has 0 aliphatic carbocycles. The number of ether oxygens (including phenoxy) is 1. The Morgan fingerprint density at radius 1 is 1.12 bits per heavy atom. The average Bonchev–Trinajstić information content (AvgIpc) is 3.08. The first-order valence-corrected chi connectivity index (χ1v) is 9.53. The van der Waals surface area contributed by atoms with Crippen molar-refractivity contribution in [2.24, 2.45) is 10.9 Å². The molecule has 142 valence electrons. The first-order valence-electron chi connectivity index (χ1n) is 9.53. The molecule has 1 saturated heterocycles. The maximum Gasteiger partial charge on any atom is 0.191 e. The third-order valence-corrected chi connectivity index (χ3v) is 4.49. The molecule has 1 heterocycles. The number of benzene rings is 1. The largest absolute Gasteiger partial charge is 0.373 e. The summed E-state index contributed by atoms with van der Waals surface area (Å²) in [6.07, 6.45) is 6.35.